The number of benzene rings is 1. The molecule has 2 aromatic rings. The summed E-state index contributed by atoms with van der Waals surface area (Å²) in [4.78, 5) is 14.7. The third-order valence-electron chi connectivity index (χ3n) is 5.45. The first-order valence-corrected chi connectivity index (χ1v) is 13.6. The van der Waals surface area contributed by atoms with Gasteiger partial charge in [-0.15, -0.1) is 16.8 Å². The van der Waals surface area contributed by atoms with Crippen molar-refractivity contribution in [3.8, 4) is 0 Å². The van der Waals surface area contributed by atoms with Crippen molar-refractivity contribution >= 4 is 33.4 Å². The van der Waals surface area contributed by atoms with Crippen LogP contribution in [0.3, 0.4) is 0 Å². The number of sulfonamides is 1. The first-order chi connectivity index (χ1) is 15.6. The molecule has 2 heterocycles. The Morgan fingerprint density at radius 2 is 1.88 bits per heavy atom. The van der Waals surface area contributed by atoms with Gasteiger partial charge in [0.2, 0.25) is 15.9 Å². The van der Waals surface area contributed by atoms with Gasteiger partial charge in [-0.3, -0.25) is 9.10 Å². The smallest absolute Gasteiger partial charge is 0.233 e. The summed E-state index contributed by atoms with van der Waals surface area (Å²) in [5.41, 5.74) is 0.324. The van der Waals surface area contributed by atoms with Crippen LogP contribution in [0.4, 0.5) is 10.1 Å². The lowest BCUT2D eigenvalue weighted by Crippen LogP contribution is -2.43. The topological polar surface area (TPSA) is 88.4 Å². The van der Waals surface area contributed by atoms with Crippen molar-refractivity contribution in [3.05, 3.63) is 48.6 Å². The van der Waals surface area contributed by atoms with Crippen LogP contribution in [0.25, 0.3) is 0 Å². The summed E-state index contributed by atoms with van der Waals surface area (Å²) in [6, 6.07) is 5.22. The van der Waals surface area contributed by atoms with Crippen LogP contribution in [-0.2, 0) is 27.9 Å². The molecule has 11 heteroatoms. The van der Waals surface area contributed by atoms with E-state index in [4.69, 9.17) is 0 Å². The van der Waals surface area contributed by atoms with E-state index in [-0.39, 0.29) is 18.2 Å². The number of carbonyl (C=O) groups excluding carboxylic acids is 1. The minimum absolute atomic E-state index is 0.0529. The van der Waals surface area contributed by atoms with Gasteiger partial charge in [-0.1, -0.05) is 31.7 Å². The Morgan fingerprint density at radius 3 is 2.45 bits per heavy atom. The summed E-state index contributed by atoms with van der Waals surface area (Å²) in [5, 5.41) is 8.90. The van der Waals surface area contributed by atoms with Crippen molar-refractivity contribution < 1.29 is 17.6 Å². The maximum atomic E-state index is 13.3. The van der Waals surface area contributed by atoms with Crippen molar-refractivity contribution in [2.75, 3.05) is 29.4 Å². The Balaban J connectivity index is 1.77. The number of carbonyl (C=O) groups is 1. The average molecular weight is 496 g/mol. The van der Waals surface area contributed by atoms with Gasteiger partial charge in [0.05, 0.1) is 24.2 Å². The zero-order valence-electron chi connectivity index (χ0n) is 19.1. The van der Waals surface area contributed by atoms with E-state index in [1.165, 1.54) is 36.0 Å². The molecule has 0 saturated carbocycles. The molecule has 180 valence electrons. The minimum Gasteiger partial charge on any atom is -0.341 e. The molecule has 0 radical (unpaired) electrons. The Bertz CT molecular complexity index is 1080. The number of hydrogen-bond donors (Lipinski definition) is 0. The summed E-state index contributed by atoms with van der Waals surface area (Å²) < 4.78 is 41.1. The first-order valence-electron chi connectivity index (χ1n) is 10.7. The zero-order chi connectivity index (χ0) is 24.2. The standard InChI is InChI=1S/C22H30FN5O3S2/c1-5-10-27-20(14-28(33(4,30)31)19-8-6-18(23)7-9-19)24-25-22(27)32-15-21(29)26-12-16(2)11-17(3)13-26/h5-9,16-17H,1,10-15H2,2-4H3/t16-,17+. The number of allylic oxidation sites excluding steroid dienone is 1. The molecule has 8 nitrogen and oxygen atoms in total. The molecule has 0 aliphatic carbocycles. The number of amides is 1. The molecular weight excluding hydrogens is 465 g/mol. The Hall–Kier alpha value is -2.40. The number of aromatic nitrogens is 3. The highest BCUT2D eigenvalue weighted by atomic mass is 32.2. The van der Waals surface area contributed by atoms with Crippen LogP contribution in [0, 0.1) is 17.7 Å². The molecule has 0 unspecified atom stereocenters. The molecule has 1 aromatic carbocycles. The summed E-state index contributed by atoms with van der Waals surface area (Å²) in [7, 11) is -3.67. The van der Waals surface area contributed by atoms with Crippen LogP contribution in [0.15, 0.2) is 42.1 Å². The van der Waals surface area contributed by atoms with Crippen LogP contribution < -0.4 is 4.31 Å². The van der Waals surface area contributed by atoms with E-state index < -0.39 is 15.8 Å². The van der Waals surface area contributed by atoms with Gasteiger partial charge in [-0.05, 0) is 42.5 Å². The van der Waals surface area contributed by atoms with Crippen molar-refractivity contribution in [2.45, 2.75) is 38.5 Å². The minimum atomic E-state index is -3.67. The van der Waals surface area contributed by atoms with Gasteiger partial charge in [-0.25, -0.2) is 12.8 Å². The van der Waals surface area contributed by atoms with E-state index in [2.05, 4.69) is 30.6 Å². The molecule has 0 N–H and O–H groups in total. The molecule has 0 bridgehead atoms. The highest BCUT2D eigenvalue weighted by Crippen LogP contribution is 2.25. The number of thioether (sulfide) groups is 1. The van der Waals surface area contributed by atoms with E-state index in [1.54, 1.807) is 10.6 Å². The lowest BCUT2D eigenvalue weighted by molar-refractivity contribution is -0.130. The largest absolute Gasteiger partial charge is 0.341 e. The van der Waals surface area contributed by atoms with Crippen LogP contribution in [0.2, 0.25) is 0 Å². The second kappa shape index (κ2) is 10.7. The monoisotopic (exact) mass is 495 g/mol. The molecule has 1 amide bonds. The Morgan fingerprint density at radius 1 is 1.24 bits per heavy atom. The lowest BCUT2D eigenvalue weighted by Gasteiger charge is -2.34. The summed E-state index contributed by atoms with van der Waals surface area (Å²) in [5.74, 6) is 1.18. The van der Waals surface area contributed by atoms with E-state index in [1.807, 2.05) is 4.90 Å². The highest BCUT2D eigenvalue weighted by molar-refractivity contribution is 7.99. The number of halogens is 1. The molecule has 1 aliphatic heterocycles. The molecule has 1 saturated heterocycles. The molecule has 3 rings (SSSR count). The Kier molecular flexibility index (Phi) is 8.17. The molecule has 2 atom stereocenters. The zero-order valence-corrected chi connectivity index (χ0v) is 20.8. The molecule has 1 aliphatic rings. The van der Waals surface area contributed by atoms with Gasteiger partial charge < -0.3 is 9.47 Å². The average Bonchev–Trinajstić information content (AvgIpc) is 3.11. The van der Waals surface area contributed by atoms with Crippen LogP contribution in [0.1, 0.15) is 26.1 Å². The van der Waals surface area contributed by atoms with Crippen molar-refractivity contribution in [1.82, 2.24) is 19.7 Å². The first kappa shape index (κ1) is 25.2. The van der Waals surface area contributed by atoms with Crippen molar-refractivity contribution in [2.24, 2.45) is 11.8 Å². The summed E-state index contributed by atoms with van der Waals surface area (Å²) in [6.45, 7) is 9.87. The van der Waals surface area contributed by atoms with Crippen molar-refractivity contribution in [1.29, 1.82) is 0 Å². The van der Waals surface area contributed by atoms with Gasteiger partial charge in [0, 0.05) is 19.6 Å². The third-order valence-corrected chi connectivity index (χ3v) is 7.54. The van der Waals surface area contributed by atoms with Crippen LogP contribution >= 0.6 is 11.8 Å². The van der Waals surface area contributed by atoms with Gasteiger partial charge in [0.15, 0.2) is 11.0 Å². The lowest BCUT2D eigenvalue weighted by atomic mass is 9.92. The molecule has 1 aromatic heterocycles. The predicted molar refractivity (Wildman–Crippen MR) is 128 cm³/mol. The fraction of sp³-hybridized carbons (Fsp3) is 0.500. The molecule has 0 spiro atoms. The van der Waals surface area contributed by atoms with E-state index >= 15 is 0 Å². The quantitative estimate of drug-likeness (QED) is 0.392. The summed E-state index contributed by atoms with van der Waals surface area (Å²) in [6.07, 6.45) is 3.87. The third kappa shape index (κ3) is 6.57. The Labute approximate surface area is 198 Å². The van der Waals surface area contributed by atoms with Gasteiger partial charge in [0.1, 0.15) is 5.82 Å². The van der Waals surface area contributed by atoms with Crippen LogP contribution in [0.5, 0.6) is 0 Å². The number of likely N-dealkylation sites (tertiary alicyclic amines) is 1. The number of anilines is 1. The van der Waals surface area contributed by atoms with E-state index in [0.717, 1.165) is 30.1 Å². The van der Waals surface area contributed by atoms with E-state index in [0.29, 0.717) is 35.0 Å². The fourth-order valence-electron chi connectivity index (χ4n) is 4.08. The van der Waals surface area contributed by atoms with Gasteiger partial charge in [0.25, 0.3) is 0 Å². The second-order valence-corrected chi connectivity index (χ2v) is 11.4. The van der Waals surface area contributed by atoms with Gasteiger partial charge in [-0.2, -0.15) is 0 Å². The number of hydrogen-bond acceptors (Lipinski definition) is 6. The predicted octanol–water partition coefficient (Wildman–Crippen LogP) is 3.17. The summed E-state index contributed by atoms with van der Waals surface area (Å²) >= 11 is 1.28. The number of rotatable bonds is 9. The van der Waals surface area contributed by atoms with Crippen molar-refractivity contribution in [3.63, 3.8) is 0 Å². The highest BCUT2D eigenvalue weighted by Gasteiger charge is 2.26. The fourth-order valence-corrected chi connectivity index (χ4v) is 5.80. The molecule has 33 heavy (non-hydrogen) atoms. The maximum Gasteiger partial charge on any atom is 0.233 e. The molecule has 1 fully saturated rings. The maximum absolute atomic E-state index is 13.3. The normalized spacial score (nSPS) is 18.8. The SMILES string of the molecule is C=CCn1c(CN(c2ccc(F)cc2)S(C)(=O)=O)nnc1SCC(=O)N1C[C@H](C)C[C@H](C)C1. The van der Waals surface area contributed by atoms with Gasteiger partial charge >= 0.3 is 0 Å². The number of nitrogens with zero attached hydrogens (tertiary/aromatic N) is 5. The second-order valence-electron chi connectivity index (χ2n) is 8.58. The molecular formula is C22H30FN5O3S2. The van der Waals surface area contributed by atoms with E-state index in [9.17, 15) is 17.6 Å². The van der Waals surface area contributed by atoms with Crippen LogP contribution in [-0.4, -0.2) is 59.1 Å². The number of piperidine rings is 1.